The summed E-state index contributed by atoms with van der Waals surface area (Å²) in [5.74, 6) is -0.111. The molecule has 2 rings (SSSR count). The minimum atomic E-state index is -3.38. The molecule has 2 aromatic rings. The molecule has 100 valence electrons. The van der Waals surface area contributed by atoms with Crippen molar-refractivity contribution in [2.45, 2.75) is 10.3 Å². The number of sulfone groups is 1. The average molecular weight is 360 g/mol. The van der Waals surface area contributed by atoms with E-state index in [0.29, 0.717) is 0 Å². The zero-order chi connectivity index (χ0) is 13.9. The minimum absolute atomic E-state index is 0.111. The first-order chi connectivity index (χ1) is 8.99. The van der Waals surface area contributed by atoms with Gasteiger partial charge in [-0.25, -0.2) is 8.42 Å². The van der Waals surface area contributed by atoms with E-state index in [-0.39, 0.29) is 10.6 Å². The van der Waals surface area contributed by atoms with Crippen LogP contribution in [-0.4, -0.2) is 14.2 Å². The first kappa shape index (κ1) is 14.6. The van der Waals surface area contributed by atoms with Crippen LogP contribution >= 0.6 is 27.5 Å². The number of benzene rings is 2. The predicted molar refractivity (Wildman–Crippen MR) is 81.2 cm³/mol. The largest absolute Gasteiger partial charge is 0.224 e. The van der Waals surface area contributed by atoms with Crippen LogP contribution in [0.4, 0.5) is 0 Å². The van der Waals surface area contributed by atoms with Crippen molar-refractivity contribution in [2.75, 3.05) is 5.75 Å². The van der Waals surface area contributed by atoms with Crippen LogP contribution in [0, 0.1) is 0 Å². The number of hydrogen-bond donors (Lipinski definition) is 0. The summed E-state index contributed by atoms with van der Waals surface area (Å²) in [7, 11) is -3.38. The van der Waals surface area contributed by atoms with Crippen LogP contribution in [0.25, 0.3) is 0 Å². The molecule has 5 heteroatoms. The maximum absolute atomic E-state index is 12.2. The zero-order valence-electron chi connectivity index (χ0n) is 9.96. The Morgan fingerprint density at radius 3 is 2.16 bits per heavy atom. The molecule has 0 unspecified atom stereocenters. The molecule has 0 saturated heterocycles. The van der Waals surface area contributed by atoms with Crippen molar-refractivity contribution < 1.29 is 8.42 Å². The first-order valence-electron chi connectivity index (χ1n) is 5.66. The van der Waals surface area contributed by atoms with Gasteiger partial charge in [0.15, 0.2) is 9.84 Å². The molecule has 0 aliphatic heterocycles. The van der Waals surface area contributed by atoms with Gasteiger partial charge in [-0.1, -0.05) is 46.3 Å². The summed E-state index contributed by atoms with van der Waals surface area (Å²) in [6.45, 7) is 0. The van der Waals surface area contributed by atoms with Gasteiger partial charge in [-0.2, -0.15) is 0 Å². The molecule has 0 aliphatic carbocycles. The summed E-state index contributed by atoms with van der Waals surface area (Å²) in [6, 6.07) is 15.8. The zero-order valence-corrected chi connectivity index (χ0v) is 13.1. The Labute approximate surface area is 126 Å². The second kappa shape index (κ2) is 6.07. The number of halogens is 2. The van der Waals surface area contributed by atoms with Crippen LogP contribution < -0.4 is 0 Å². The van der Waals surface area contributed by atoms with E-state index in [0.717, 1.165) is 10.0 Å². The molecule has 0 amide bonds. The maximum Gasteiger partial charge on any atom is 0.180 e. The molecule has 2 nitrogen and oxygen atoms in total. The lowest BCUT2D eigenvalue weighted by molar-refractivity contribution is 0.594. The molecule has 2 aromatic carbocycles. The van der Waals surface area contributed by atoms with Crippen LogP contribution in [0.15, 0.2) is 64.0 Å². The van der Waals surface area contributed by atoms with E-state index >= 15 is 0 Å². The van der Waals surface area contributed by atoms with Gasteiger partial charge in [-0.05, 0) is 29.8 Å². The van der Waals surface area contributed by atoms with Gasteiger partial charge in [0.05, 0.1) is 16.0 Å². The number of rotatable bonds is 4. The number of hydrogen-bond acceptors (Lipinski definition) is 2. The average Bonchev–Trinajstić information content (AvgIpc) is 2.40. The Morgan fingerprint density at radius 2 is 1.58 bits per heavy atom. The lowest BCUT2D eigenvalue weighted by Crippen LogP contribution is -2.11. The standard InChI is InChI=1S/C14H12BrClO2S/c15-12-6-8-13(9-7-12)19(17,18)10-14(16)11-4-2-1-3-5-11/h1-9,14H,10H2/t14-/m0/s1. The van der Waals surface area contributed by atoms with Crippen LogP contribution in [0.5, 0.6) is 0 Å². The highest BCUT2D eigenvalue weighted by molar-refractivity contribution is 9.10. The second-order valence-electron chi connectivity index (χ2n) is 4.11. The fourth-order valence-corrected chi connectivity index (χ4v) is 3.92. The molecular weight excluding hydrogens is 348 g/mol. The molecule has 1 atom stereocenters. The fraction of sp³-hybridized carbons (Fsp3) is 0.143. The van der Waals surface area contributed by atoms with E-state index in [1.54, 1.807) is 24.3 Å². The highest BCUT2D eigenvalue weighted by atomic mass is 79.9. The van der Waals surface area contributed by atoms with Gasteiger partial charge in [0.2, 0.25) is 0 Å². The van der Waals surface area contributed by atoms with Crippen molar-refractivity contribution in [3.05, 3.63) is 64.6 Å². The molecule has 0 radical (unpaired) electrons. The number of alkyl halides is 1. The van der Waals surface area contributed by atoms with Gasteiger partial charge in [-0.3, -0.25) is 0 Å². The summed E-state index contributed by atoms with van der Waals surface area (Å²) in [6.07, 6.45) is 0. The van der Waals surface area contributed by atoms with Gasteiger partial charge in [0, 0.05) is 4.47 Å². The van der Waals surface area contributed by atoms with Crippen molar-refractivity contribution >= 4 is 37.4 Å². The third-order valence-corrected chi connectivity index (χ3v) is 5.58. The van der Waals surface area contributed by atoms with E-state index in [2.05, 4.69) is 15.9 Å². The van der Waals surface area contributed by atoms with Gasteiger partial charge in [0.25, 0.3) is 0 Å². The van der Waals surface area contributed by atoms with Crippen LogP contribution in [0.2, 0.25) is 0 Å². The minimum Gasteiger partial charge on any atom is -0.224 e. The van der Waals surface area contributed by atoms with Crippen molar-refractivity contribution in [1.29, 1.82) is 0 Å². The molecule has 0 bridgehead atoms. The summed E-state index contributed by atoms with van der Waals surface area (Å²) >= 11 is 9.46. The lowest BCUT2D eigenvalue weighted by atomic mass is 10.2. The third-order valence-electron chi connectivity index (χ3n) is 2.70. The Kier molecular flexibility index (Phi) is 4.66. The highest BCUT2D eigenvalue weighted by Crippen LogP contribution is 2.25. The van der Waals surface area contributed by atoms with Crippen molar-refractivity contribution in [3.63, 3.8) is 0 Å². The molecule has 0 aromatic heterocycles. The van der Waals surface area contributed by atoms with Gasteiger partial charge in [0.1, 0.15) is 0 Å². The van der Waals surface area contributed by atoms with Crippen LogP contribution in [-0.2, 0) is 9.84 Å². The van der Waals surface area contributed by atoms with E-state index < -0.39 is 15.2 Å². The van der Waals surface area contributed by atoms with E-state index in [1.807, 2.05) is 30.3 Å². The summed E-state index contributed by atoms with van der Waals surface area (Å²) < 4.78 is 25.3. The first-order valence-corrected chi connectivity index (χ1v) is 8.54. The topological polar surface area (TPSA) is 34.1 Å². The summed E-state index contributed by atoms with van der Waals surface area (Å²) in [4.78, 5) is 0.289. The lowest BCUT2D eigenvalue weighted by Gasteiger charge is -2.10. The van der Waals surface area contributed by atoms with Gasteiger partial charge < -0.3 is 0 Å². The van der Waals surface area contributed by atoms with Crippen LogP contribution in [0.3, 0.4) is 0 Å². The predicted octanol–water partition coefficient (Wildman–Crippen LogP) is 4.20. The van der Waals surface area contributed by atoms with E-state index in [9.17, 15) is 8.42 Å². The maximum atomic E-state index is 12.2. The smallest absolute Gasteiger partial charge is 0.180 e. The molecule has 0 saturated carbocycles. The van der Waals surface area contributed by atoms with E-state index in [1.165, 1.54) is 0 Å². The van der Waals surface area contributed by atoms with Crippen molar-refractivity contribution in [1.82, 2.24) is 0 Å². The summed E-state index contributed by atoms with van der Waals surface area (Å²) in [5, 5.41) is -0.546. The fourth-order valence-electron chi connectivity index (χ4n) is 1.69. The van der Waals surface area contributed by atoms with E-state index in [4.69, 9.17) is 11.6 Å². The summed E-state index contributed by atoms with van der Waals surface area (Å²) in [5.41, 5.74) is 0.810. The second-order valence-corrected chi connectivity index (χ2v) is 7.59. The third kappa shape index (κ3) is 3.81. The van der Waals surface area contributed by atoms with Gasteiger partial charge in [-0.15, -0.1) is 11.6 Å². The van der Waals surface area contributed by atoms with Crippen molar-refractivity contribution in [3.8, 4) is 0 Å². The molecule has 0 fully saturated rings. The Morgan fingerprint density at radius 1 is 1.00 bits per heavy atom. The highest BCUT2D eigenvalue weighted by Gasteiger charge is 2.20. The molecule has 0 N–H and O–H groups in total. The Hall–Kier alpha value is -0.840. The monoisotopic (exact) mass is 358 g/mol. The molecule has 0 spiro atoms. The quantitative estimate of drug-likeness (QED) is 0.767. The van der Waals surface area contributed by atoms with Crippen LogP contribution in [0.1, 0.15) is 10.9 Å². The molecule has 0 heterocycles. The normalized spacial score (nSPS) is 13.2. The SMILES string of the molecule is O=S(=O)(C[C@H](Cl)c1ccccc1)c1ccc(Br)cc1. The molecule has 0 aliphatic rings. The molecular formula is C14H12BrClO2S. The Balaban J connectivity index is 2.20. The Bertz CT molecular complexity index is 639. The molecule has 19 heavy (non-hydrogen) atoms. The van der Waals surface area contributed by atoms with Gasteiger partial charge >= 0.3 is 0 Å². The van der Waals surface area contributed by atoms with Crippen molar-refractivity contribution in [2.24, 2.45) is 0 Å².